The third kappa shape index (κ3) is 4.91. The molecule has 0 spiro atoms. The second kappa shape index (κ2) is 8.28. The number of halogens is 2. The lowest BCUT2D eigenvalue weighted by Crippen LogP contribution is -2.57. The Morgan fingerprint density at radius 2 is 2.17 bits per heavy atom. The SMILES string of the molecule is CC(C(=O)N(C)Cc1cccc(F)c1)N1CCC(N)C(C)(C)C1.Cl. The zero-order chi connectivity index (χ0) is 17.2. The molecule has 1 fully saturated rings. The average molecular weight is 358 g/mol. The number of likely N-dealkylation sites (N-methyl/N-ethyl adjacent to an activating group) is 1. The predicted molar refractivity (Wildman–Crippen MR) is 97.5 cm³/mol. The molecule has 0 radical (unpaired) electrons. The number of nitrogens with two attached hydrogens (primary N) is 1. The summed E-state index contributed by atoms with van der Waals surface area (Å²) in [5, 5.41) is 0. The van der Waals surface area contributed by atoms with E-state index in [2.05, 4.69) is 18.7 Å². The van der Waals surface area contributed by atoms with Crippen molar-refractivity contribution < 1.29 is 9.18 Å². The third-order valence-electron chi connectivity index (χ3n) is 4.93. The molecule has 1 heterocycles. The number of benzene rings is 1. The summed E-state index contributed by atoms with van der Waals surface area (Å²) >= 11 is 0. The maximum absolute atomic E-state index is 13.3. The van der Waals surface area contributed by atoms with Gasteiger partial charge < -0.3 is 10.6 Å². The molecule has 1 aromatic rings. The van der Waals surface area contributed by atoms with Crippen LogP contribution in [0.15, 0.2) is 24.3 Å². The molecule has 136 valence electrons. The minimum Gasteiger partial charge on any atom is -0.340 e. The Bertz CT molecular complexity index is 567. The van der Waals surface area contributed by atoms with E-state index in [1.165, 1.54) is 12.1 Å². The van der Waals surface area contributed by atoms with Gasteiger partial charge in [0, 0.05) is 32.7 Å². The number of hydrogen-bond donors (Lipinski definition) is 1. The summed E-state index contributed by atoms with van der Waals surface area (Å²) in [6.45, 7) is 8.31. The molecule has 1 amide bonds. The fraction of sp³-hybridized carbons (Fsp3) is 0.611. The first-order valence-electron chi connectivity index (χ1n) is 8.20. The topological polar surface area (TPSA) is 49.6 Å². The molecule has 24 heavy (non-hydrogen) atoms. The Balaban J connectivity index is 0.00000288. The van der Waals surface area contributed by atoms with Gasteiger partial charge in [0.15, 0.2) is 0 Å². The molecule has 4 nitrogen and oxygen atoms in total. The predicted octanol–water partition coefficient (Wildman–Crippen LogP) is 2.65. The van der Waals surface area contributed by atoms with Gasteiger partial charge in [-0.15, -0.1) is 12.4 Å². The number of piperidine rings is 1. The standard InChI is InChI=1S/C18H28FN3O.ClH/c1-13(22-9-8-16(20)18(2,3)12-22)17(23)21(4)11-14-6-5-7-15(19)10-14;/h5-7,10,13,16H,8-9,11-12,20H2,1-4H3;1H. The first kappa shape index (κ1) is 20.9. The molecule has 0 saturated carbocycles. The Kier molecular flexibility index (Phi) is 7.20. The van der Waals surface area contributed by atoms with Crippen molar-refractivity contribution in [1.29, 1.82) is 0 Å². The smallest absolute Gasteiger partial charge is 0.239 e. The molecule has 0 aliphatic carbocycles. The quantitative estimate of drug-likeness (QED) is 0.901. The van der Waals surface area contributed by atoms with Crippen LogP contribution in [0.25, 0.3) is 0 Å². The maximum atomic E-state index is 13.3. The van der Waals surface area contributed by atoms with E-state index in [9.17, 15) is 9.18 Å². The van der Waals surface area contributed by atoms with Crippen LogP contribution < -0.4 is 5.73 Å². The second-order valence-corrected chi connectivity index (χ2v) is 7.35. The van der Waals surface area contributed by atoms with Crippen LogP contribution in [0.3, 0.4) is 0 Å². The lowest BCUT2D eigenvalue weighted by atomic mass is 9.79. The van der Waals surface area contributed by atoms with Crippen molar-refractivity contribution in [2.45, 2.75) is 45.8 Å². The van der Waals surface area contributed by atoms with Crippen LogP contribution in [-0.4, -0.2) is 47.9 Å². The highest BCUT2D eigenvalue weighted by molar-refractivity contribution is 5.85. The molecule has 0 bridgehead atoms. The van der Waals surface area contributed by atoms with Crippen molar-refractivity contribution in [3.63, 3.8) is 0 Å². The van der Waals surface area contributed by atoms with Crippen LogP contribution in [0.5, 0.6) is 0 Å². The fourth-order valence-corrected chi connectivity index (χ4v) is 3.21. The summed E-state index contributed by atoms with van der Waals surface area (Å²) in [5.41, 5.74) is 6.98. The van der Waals surface area contributed by atoms with Crippen molar-refractivity contribution in [2.75, 3.05) is 20.1 Å². The summed E-state index contributed by atoms with van der Waals surface area (Å²) in [6, 6.07) is 6.36. The number of hydrogen-bond acceptors (Lipinski definition) is 3. The summed E-state index contributed by atoms with van der Waals surface area (Å²) in [5.74, 6) is -0.219. The van der Waals surface area contributed by atoms with Gasteiger partial charge in [-0.3, -0.25) is 9.69 Å². The van der Waals surface area contributed by atoms with Crippen molar-refractivity contribution in [2.24, 2.45) is 11.1 Å². The minimum absolute atomic E-state index is 0. The maximum Gasteiger partial charge on any atom is 0.239 e. The highest BCUT2D eigenvalue weighted by Gasteiger charge is 2.37. The van der Waals surface area contributed by atoms with E-state index in [0.29, 0.717) is 6.54 Å². The van der Waals surface area contributed by atoms with Crippen molar-refractivity contribution >= 4 is 18.3 Å². The molecule has 2 unspecified atom stereocenters. The first-order valence-corrected chi connectivity index (χ1v) is 8.20. The molecule has 2 atom stereocenters. The van der Waals surface area contributed by atoms with Gasteiger partial charge in [0.05, 0.1) is 6.04 Å². The largest absolute Gasteiger partial charge is 0.340 e. The van der Waals surface area contributed by atoms with Crippen LogP contribution in [0.4, 0.5) is 4.39 Å². The Labute approximate surface area is 150 Å². The number of rotatable bonds is 4. The zero-order valence-corrected chi connectivity index (χ0v) is 15.8. The van der Waals surface area contributed by atoms with Gasteiger partial charge in [-0.25, -0.2) is 4.39 Å². The molecule has 1 aliphatic heterocycles. The highest BCUT2D eigenvalue weighted by atomic mass is 35.5. The van der Waals surface area contributed by atoms with Crippen LogP contribution >= 0.6 is 12.4 Å². The van der Waals surface area contributed by atoms with E-state index >= 15 is 0 Å². The van der Waals surface area contributed by atoms with Gasteiger partial charge in [-0.1, -0.05) is 26.0 Å². The lowest BCUT2D eigenvalue weighted by Gasteiger charge is -2.45. The zero-order valence-electron chi connectivity index (χ0n) is 15.0. The van der Waals surface area contributed by atoms with E-state index in [1.807, 2.05) is 13.0 Å². The van der Waals surface area contributed by atoms with Crippen molar-refractivity contribution in [3.8, 4) is 0 Å². The van der Waals surface area contributed by atoms with Gasteiger partial charge >= 0.3 is 0 Å². The molecular formula is C18H29ClFN3O. The van der Waals surface area contributed by atoms with E-state index < -0.39 is 0 Å². The molecule has 1 aromatic carbocycles. The van der Waals surface area contributed by atoms with Crippen molar-refractivity contribution in [1.82, 2.24) is 9.80 Å². The van der Waals surface area contributed by atoms with Crippen LogP contribution in [0, 0.1) is 11.2 Å². The molecule has 1 saturated heterocycles. The molecule has 1 aliphatic rings. The summed E-state index contributed by atoms with van der Waals surface area (Å²) in [7, 11) is 1.77. The average Bonchev–Trinajstić information content (AvgIpc) is 2.48. The van der Waals surface area contributed by atoms with Crippen molar-refractivity contribution in [3.05, 3.63) is 35.6 Å². The number of carbonyl (C=O) groups is 1. The molecule has 0 aromatic heterocycles. The monoisotopic (exact) mass is 357 g/mol. The van der Waals surface area contributed by atoms with E-state index in [-0.39, 0.29) is 41.6 Å². The minimum atomic E-state index is -0.275. The van der Waals surface area contributed by atoms with Gasteiger partial charge in [0.1, 0.15) is 5.82 Å². The number of likely N-dealkylation sites (tertiary alicyclic amines) is 1. The van der Waals surface area contributed by atoms with Gasteiger partial charge in [0.2, 0.25) is 5.91 Å². The lowest BCUT2D eigenvalue weighted by molar-refractivity contribution is -0.137. The first-order chi connectivity index (χ1) is 10.7. The van der Waals surface area contributed by atoms with Gasteiger partial charge in [-0.05, 0) is 36.5 Å². The summed E-state index contributed by atoms with van der Waals surface area (Å²) in [4.78, 5) is 16.6. The van der Waals surface area contributed by atoms with Gasteiger partial charge in [-0.2, -0.15) is 0 Å². The van der Waals surface area contributed by atoms with E-state index in [4.69, 9.17) is 5.73 Å². The Morgan fingerprint density at radius 1 is 1.50 bits per heavy atom. The van der Waals surface area contributed by atoms with E-state index in [1.54, 1.807) is 18.0 Å². The van der Waals surface area contributed by atoms with E-state index in [0.717, 1.165) is 25.1 Å². The normalized spacial score (nSPS) is 21.7. The third-order valence-corrected chi connectivity index (χ3v) is 4.93. The molecule has 6 heteroatoms. The Hall–Kier alpha value is -1.17. The molecule has 2 rings (SSSR count). The Morgan fingerprint density at radius 3 is 2.75 bits per heavy atom. The second-order valence-electron chi connectivity index (χ2n) is 7.35. The summed E-state index contributed by atoms with van der Waals surface area (Å²) < 4.78 is 13.3. The van der Waals surface area contributed by atoms with Crippen LogP contribution in [0.2, 0.25) is 0 Å². The summed E-state index contributed by atoms with van der Waals surface area (Å²) in [6.07, 6.45) is 0.901. The molecular weight excluding hydrogens is 329 g/mol. The fourth-order valence-electron chi connectivity index (χ4n) is 3.21. The number of amides is 1. The van der Waals surface area contributed by atoms with Crippen LogP contribution in [0.1, 0.15) is 32.8 Å². The van der Waals surface area contributed by atoms with Crippen LogP contribution in [-0.2, 0) is 11.3 Å². The number of nitrogens with zero attached hydrogens (tertiary/aromatic N) is 2. The highest BCUT2D eigenvalue weighted by Crippen LogP contribution is 2.29. The molecule has 2 N–H and O–H groups in total. The van der Waals surface area contributed by atoms with Gasteiger partial charge in [0.25, 0.3) is 0 Å². The number of carbonyl (C=O) groups excluding carboxylic acids is 1.